The number of ether oxygens (including phenoxy) is 2. The summed E-state index contributed by atoms with van der Waals surface area (Å²) in [5.41, 5.74) is -0.400. The van der Waals surface area contributed by atoms with Gasteiger partial charge < -0.3 is 23.7 Å². The van der Waals surface area contributed by atoms with Crippen LogP contribution >= 0.6 is 0 Å². The van der Waals surface area contributed by atoms with Crippen LogP contribution in [0.4, 0.5) is 0 Å². The number of likely N-dealkylation sites (tertiary alicyclic amines) is 1. The second-order valence-electron chi connectivity index (χ2n) is 9.48. The fraction of sp³-hybridized carbons (Fsp3) is 0.696. The highest BCUT2D eigenvalue weighted by molar-refractivity contribution is 5.95. The van der Waals surface area contributed by atoms with Crippen LogP contribution in [0.5, 0.6) is 0 Å². The van der Waals surface area contributed by atoms with Gasteiger partial charge in [-0.3, -0.25) is 14.4 Å². The highest BCUT2D eigenvalue weighted by Gasteiger charge is 2.55. The molecule has 4 heterocycles. The second-order valence-corrected chi connectivity index (χ2v) is 9.48. The van der Waals surface area contributed by atoms with Crippen molar-refractivity contribution in [2.75, 3.05) is 32.8 Å². The van der Waals surface area contributed by atoms with Gasteiger partial charge in [-0.2, -0.15) is 0 Å². The molecule has 1 aromatic rings. The van der Waals surface area contributed by atoms with Crippen molar-refractivity contribution in [2.24, 2.45) is 5.92 Å². The van der Waals surface area contributed by atoms with Crippen LogP contribution < -0.4 is 0 Å². The van der Waals surface area contributed by atoms with Gasteiger partial charge in [-0.1, -0.05) is 0 Å². The molecule has 1 atom stereocenters. The number of carbonyl (C=O) groups excluding carboxylic acids is 3. The second kappa shape index (κ2) is 7.65. The normalized spacial score (nSPS) is 27.1. The van der Waals surface area contributed by atoms with E-state index in [0.29, 0.717) is 57.0 Å². The van der Waals surface area contributed by atoms with E-state index in [-0.39, 0.29) is 30.1 Å². The highest BCUT2D eigenvalue weighted by Crippen LogP contribution is 2.46. The van der Waals surface area contributed by atoms with E-state index >= 15 is 0 Å². The van der Waals surface area contributed by atoms with Crippen molar-refractivity contribution in [2.45, 2.75) is 63.1 Å². The summed E-state index contributed by atoms with van der Waals surface area (Å²) in [7, 11) is 0. The molecule has 3 saturated heterocycles. The van der Waals surface area contributed by atoms with Gasteiger partial charge in [-0.25, -0.2) is 0 Å². The van der Waals surface area contributed by atoms with E-state index in [0.717, 1.165) is 25.7 Å². The first-order valence-corrected chi connectivity index (χ1v) is 11.4. The van der Waals surface area contributed by atoms with E-state index in [9.17, 15) is 14.4 Å². The maximum atomic E-state index is 13.3. The number of amides is 2. The van der Waals surface area contributed by atoms with Gasteiger partial charge in [-0.15, -0.1) is 0 Å². The predicted molar refractivity (Wildman–Crippen MR) is 109 cm³/mol. The number of piperidine rings is 1. The van der Waals surface area contributed by atoms with E-state index < -0.39 is 11.2 Å². The lowest BCUT2D eigenvalue weighted by molar-refractivity contribution is -0.157. The molecule has 0 radical (unpaired) electrons. The van der Waals surface area contributed by atoms with Crippen LogP contribution in [0, 0.1) is 12.8 Å². The monoisotopic (exact) mass is 430 g/mol. The quantitative estimate of drug-likeness (QED) is 0.669. The molecule has 0 bridgehead atoms. The van der Waals surface area contributed by atoms with Crippen LogP contribution in [0.2, 0.25) is 0 Å². The maximum absolute atomic E-state index is 13.3. The Hall–Kier alpha value is -2.35. The van der Waals surface area contributed by atoms with Crippen LogP contribution in [0.25, 0.3) is 0 Å². The number of morpholine rings is 1. The summed E-state index contributed by atoms with van der Waals surface area (Å²) in [6, 6.07) is 1.71. The summed E-state index contributed by atoms with van der Waals surface area (Å²) in [5, 5.41) is 0. The lowest BCUT2D eigenvalue weighted by atomic mass is 9.83. The molecule has 0 aromatic carbocycles. The minimum Gasteiger partial charge on any atom is -0.469 e. The van der Waals surface area contributed by atoms with Crippen LogP contribution in [0.1, 0.15) is 61.1 Å². The first-order chi connectivity index (χ1) is 14.9. The molecule has 8 nitrogen and oxygen atoms in total. The Morgan fingerprint density at radius 2 is 1.81 bits per heavy atom. The molecular formula is C23H30N2O6. The van der Waals surface area contributed by atoms with E-state index in [2.05, 4.69) is 0 Å². The van der Waals surface area contributed by atoms with E-state index in [4.69, 9.17) is 13.9 Å². The third-order valence-electron chi connectivity index (χ3n) is 7.68. The molecule has 1 aromatic heterocycles. The molecule has 31 heavy (non-hydrogen) atoms. The van der Waals surface area contributed by atoms with Crippen molar-refractivity contribution in [1.82, 2.24) is 9.80 Å². The number of furan rings is 1. The Morgan fingerprint density at radius 3 is 2.48 bits per heavy atom. The fourth-order valence-corrected chi connectivity index (χ4v) is 5.88. The number of hydrogen-bond acceptors (Lipinski definition) is 6. The molecule has 4 fully saturated rings. The van der Waals surface area contributed by atoms with Crippen molar-refractivity contribution in [3.63, 3.8) is 0 Å². The Labute approximate surface area is 181 Å². The Morgan fingerprint density at radius 1 is 1.06 bits per heavy atom. The van der Waals surface area contributed by atoms with Gasteiger partial charge >= 0.3 is 5.97 Å². The molecule has 8 heteroatoms. The van der Waals surface area contributed by atoms with Crippen molar-refractivity contribution < 1.29 is 28.3 Å². The summed E-state index contributed by atoms with van der Waals surface area (Å²) >= 11 is 0. The average molecular weight is 431 g/mol. The fourth-order valence-electron chi connectivity index (χ4n) is 5.88. The van der Waals surface area contributed by atoms with Crippen molar-refractivity contribution in [3.05, 3.63) is 23.7 Å². The third-order valence-corrected chi connectivity index (χ3v) is 7.68. The number of rotatable bonds is 2. The summed E-state index contributed by atoms with van der Waals surface area (Å²) in [4.78, 5) is 42.0. The van der Waals surface area contributed by atoms with Crippen molar-refractivity contribution in [1.29, 1.82) is 0 Å². The number of esters is 1. The molecule has 1 aliphatic carbocycles. The molecular weight excluding hydrogens is 400 g/mol. The topological polar surface area (TPSA) is 89.3 Å². The number of hydrogen-bond donors (Lipinski definition) is 0. The summed E-state index contributed by atoms with van der Waals surface area (Å²) < 4.78 is 17.1. The lowest BCUT2D eigenvalue weighted by Gasteiger charge is -2.47. The van der Waals surface area contributed by atoms with Gasteiger partial charge in [0, 0.05) is 19.6 Å². The largest absolute Gasteiger partial charge is 0.469 e. The number of carbonyl (C=O) groups is 3. The zero-order valence-electron chi connectivity index (χ0n) is 18.1. The number of nitrogens with zero attached hydrogens (tertiary/aromatic N) is 2. The zero-order chi connectivity index (χ0) is 21.6. The minimum absolute atomic E-state index is 0.0303. The van der Waals surface area contributed by atoms with E-state index in [1.54, 1.807) is 13.0 Å². The molecule has 1 saturated carbocycles. The van der Waals surface area contributed by atoms with Gasteiger partial charge in [0.15, 0.2) is 0 Å². The zero-order valence-corrected chi connectivity index (χ0v) is 18.1. The van der Waals surface area contributed by atoms with E-state index in [1.165, 1.54) is 6.26 Å². The number of aryl methyl sites for hydroxylation is 1. The minimum atomic E-state index is -0.573. The first-order valence-electron chi connectivity index (χ1n) is 11.4. The van der Waals surface area contributed by atoms with Crippen LogP contribution in [0.15, 0.2) is 16.7 Å². The van der Waals surface area contributed by atoms with Gasteiger partial charge in [0.25, 0.3) is 5.91 Å². The average Bonchev–Trinajstić information content (AvgIpc) is 3.49. The SMILES string of the molecule is Cc1occc1C(=O)N1CCOC2(CCN(C(=O)C3CC(=O)OC34CCCC4)CC2)C1. The lowest BCUT2D eigenvalue weighted by Crippen LogP contribution is -2.59. The molecule has 168 valence electrons. The molecule has 3 aliphatic heterocycles. The van der Waals surface area contributed by atoms with Gasteiger partial charge in [-0.05, 0) is 51.5 Å². The maximum Gasteiger partial charge on any atom is 0.307 e. The Balaban J connectivity index is 1.23. The van der Waals surface area contributed by atoms with Crippen molar-refractivity contribution >= 4 is 17.8 Å². The molecule has 2 amide bonds. The smallest absolute Gasteiger partial charge is 0.307 e. The Bertz CT molecular complexity index is 878. The standard InChI is InChI=1S/C23H30N2O6/c1-16-17(4-12-29-16)20(27)25-11-13-30-22(15-25)7-9-24(10-8-22)21(28)18-14-19(26)31-23(18)5-2-3-6-23/h4,12,18H,2-3,5-11,13-15H2,1H3. The first kappa shape index (κ1) is 20.5. The molecule has 1 unspecified atom stereocenters. The third kappa shape index (κ3) is 3.54. The Kier molecular flexibility index (Phi) is 5.07. The molecule has 0 N–H and O–H groups in total. The van der Waals surface area contributed by atoms with Crippen LogP contribution in [0.3, 0.4) is 0 Å². The highest BCUT2D eigenvalue weighted by atomic mass is 16.6. The van der Waals surface area contributed by atoms with Gasteiger partial charge in [0.2, 0.25) is 5.91 Å². The van der Waals surface area contributed by atoms with E-state index in [1.807, 2.05) is 9.80 Å². The molecule has 2 spiro atoms. The van der Waals surface area contributed by atoms with Gasteiger partial charge in [0.1, 0.15) is 11.4 Å². The van der Waals surface area contributed by atoms with Gasteiger partial charge in [0.05, 0.1) is 42.9 Å². The van der Waals surface area contributed by atoms with Crippen LogP contribution in [-0.2, 0) is 19.1 Å². The van der Waals surface area contributed by atoms with Crippen LogP contribution in [-0.4, -0.2) is 71.6 Å². The molecule has 4 aliphatic rings. The summed E-state index contributed by atoms with van der Waals surface area (Å²) in [6.45, 7) is 4.51. The van der Waals surface area contributed by atoms with Crippen molar-refractivity contribution in [3.8, 4) is 0 Å². The molecule has 5 rings (SSSR count). The summed E-state index contributed by atoms with van der Waals surface area (Å²) in [5.74, 6) is 0.0386. The summed E-state index contributed by atoms with van der Waals surface area (Å²) in [6.07, 6.45) is 6.70. The predicted octanol–water partition coefficient (Wildman–Crippen LogP) is 2.30.